The van der Waals surface area contributed by atoms with Gasteiger partial charge in [-0.2, -0.15) is 20.4 Å². The fourth-order valence-corrected chi connectivity index (χ4v) is 4.50. The molecule has 0 atom stereocenters. The van der Waals surface area contributed by atoms with E-state index in [1.54, 1.807) is 36.5 Å². The van der Waals surface area contributed by atoms with Crippen molar-refractivity contribution >= 4 is 118 Å². The van der Waals surface area contributed by atoms with Crippen LogP contribution in [0.4, 0.5) is 8.78 Å². The van der Waals surface area contributed by atoms with Crippen LogP contribution in [0.2, 0.25) is 30.1 Å². The third-order valence-electron chi connectivity index (χ3n) is 5.29. The molecule has 4 rings (SSSR count). The molecule has 0 bridgehead atoms. The summed E-state index contributed by atoms with van der Waals surface area (Å²) in [5.41, 5.74) is 42.8. The van der Waals surface area contributed by atoms with Gasteiger partial charge in [0.05, 0.1) is 44.9 Å². The number of hydrogen-bond acceptors (Lipinski definition) is 8. The van der Waals surface area contributed by atoms with Gasteiger partial charge >= 0.3 is 0 Å². The fraction of sp³-hybridized carbons (Fsp3) is 0. The third-order valence-corrected chi connectivity index (χ3v) is 7.21. The molecule has 0 aliphatic heterocycles. The molecule has 0 aliphatic rings. The van der Waals surface area contributed by atoms with Crippen molar-refractivity contribution in [2.75, 3.05) is 0 Å². The summed E-state index contributed by atoms with van der Waals surface area (Å²) in [7, 11) is 0. The summed E-state index contributed by atoms with van der Waals surface area (Å²) in [6.07, 6.45) is 5.48. The maximum absolute atomic E-state index is 12.8. The van der Waals surface area contributed by atoms with E-state index in [2.05, 4.69) is 40.8 Å². The van der Waals surface area contributed by atoms with Gasteiger partial charge in [0.2, 0.25) is 23.8 Å². The quantitative estimate of drug-likeness (QED) is 0.0491. The Kier molecular flexibility index (Phi) is 22.5. The summed E-state index contributed by atoms with van der Waals surface area (Å²) in [4.78, 5) is 0. The average molecular weight is 891 g/mol. The van der Waals surface area contributed by atoms with E-state index in [0.717, 1.165) is 29.5 Å². The predicted molar refractivity (Wildman–Crippen MR) is 229 cm³/mol. The summed E-state index contributed by atoms with van der Waals surface area (Å²) >= 11 is 34.7. The zero-order valence-electron chi connectivity index (χ0n) is 28.5. The van der Waals surface area contributed by atoms with Crippen molar-refractivity contribution in [2.45, 2.75) is 0 Å². The van der Waals surface area contributed by atoms with Crippen LogP contribution in [0.5, 0.6) is 0 Å². The smallest absolute Gasteiger partial charge is 0.211 e. The van der Waals surface area contributed by atoms with Crippen molar-refractivity contribution in [3.05, 3.63) is 137 Å². The molecule has 0 spiro atoms. The summed E-state index contributed by atoms with van der Waals surface area (Å²) in [5, 5.41) is 30.0. The van der Waals surface area contributed by atoms with Crippen LogP contribution in [0, 0.1) is 11.6 Å². The van der Waals surface area contributed by atoms with Gasteiger partial charge in [0.1, 0.15) is 0 Å². The van der Waals surface area contributed by atoms with Gasteiger partial charge in [-0.3, -0.25) is 0 Å². The maximum Gasteiger partial charge on any atom is 0.211 e. The first-order valence-corrected chi connectivity index (χ1v) is 16.9. The molecule has 24 heteroatoms. The number of benzene rings is 4. The molecule has 0 heterocycles. The van der Waals surface area contributed by atoms with Crippen molar-refractivity contribution in [3.8, 4) is 0 Å². The normalized spacial score (nSPS) is 10.4. The molecule has 56 heavy (non-hydrogen) atoms. The molecule has 0 unspecified atom stereocenters. The number of halogens is 8. The van der Waals surface area contributed by atoms with Gasteiger partial charge in [0.15, 0.2) is 11.6 Å². The molecule has 0 aromatic heterocycles. The summed E-state index contributed by atoms with van der Waals surface area (Å²) in [6, 6.07) is 19.5. The molecule has 0 saturated heterocycles. The third kappa shape index (κ3) is 21.2. The van der Waals surface area contributed by atoms with Crippen LogP contribution in [-0.4, -0.2) is 48.7 Å². The van der Waals surface area contributed by atoms with Crippen molar-refractivity contribution in [1.29, 1.82) is 0 Å². The number of rotatable bonds is 8. The van der Waals surface area contributed by atoms with E-state index in [1.165, 1.54) is 12.4 Å². The van der Waals surface area contributed by atoms with E-state index in [1.807, 2.05) is 30.3 Å². The predicted octanol–water partition coefficient (Wildman–Crippen LogP) is 5.37. The van der Waals surface area contributed by atoms with E-state index in [9.17, 15) is 8.78 Å². The molecular formula is C32H32Cl6F2N16. The Morgan fingerprint density at radius 3 is 1.38 bits per heavy atom. The van der Waals surface area contributed by atoms with Crippen molar-refractivity contribution < 1.29 is 8.78 Å². The van der Waals surface area contributed by atoms with Crippen LogP contribution in [0.15, 0.2) is 114 Å². The summed E-state index contributed by atoms with van der Waals surface area (Å²) in [6.45, 7) is 0. The lowest BCUT2D eigenvalue weighted by Gasteiger charge is -2.01. The minimum Gasteiger partial charge on any atom is -0.369 e. The molecule has 0 amide bonds. The molecule has 4 aromatic carbocycles. The molecule has 0 aliphatic carbocycles. The Hall–Kier alpha value is -5.76. The average Bonchev–Trinajstić information content (AvgIpc) is 3.10. The van der Waals surface area contributed by atoms with Gasteiger partial charge in [0, 0.05) is 21.2 Å². The van der Waals surface area contributed by atoms with Gasteiger partial charge in [0.25, 0.3) is 0 Å². The SMILES string of the molecule is NC(N)=N/N=C/c1c(Cl)ccc(Cl)c1Cl.NC(N)=N/N=C/c1cc(Cl)cc(Cl)c1.NC(N)=N/N=C/c1cc(F)c(F)cc1Cl.NC(N)=N/N=C/c1ccccc1. The highest BCUT2D eigenvalue weighted by Gasteiger charge is 2.07. The Morgan fingerprint density at radius 2 is 0.875 bits per heavy atom. The van der Waals surface area contributed by atoms with Gasteiger partial charge < -0.3 is 45.9 Å². The number of nitrogens with two attached hydrogens (primary N) is 8. The summed E-state index contributed by atoms with van der Waals surface area (Å²) in [5.74, 6) is -2.59. The maximum atomic E-state index is 12.8. The standard InChI is InChI=1S/C8H7Cl3N4.C8H8Cl2N4.C8H7ClF2N4.C8H10N4/c9-5-1-2-6(10)7(11)4(5)3-14-15-8(12)13;9-6-1-5(2-7(10)3-6)4-13-14-8(11)12;9-5-2-7(11)6(10)1-4(5)3-14-15-8(12)13;9-8(10)12-11-6-7-4-2-1-3-5-7/h1-3H,(H4,12,13,15);1-4H,(H4,11,12,14);1-3H,(H4,12,13,15);1-6H,(H4,9,10,12)/b14-3+;13-4+;14-3+;11-6+. The lowest BCUT2D eigenvalue weighted by Crippen LogP contribution is -2.21. The van der Waals surface area contributed by atoms with Gasteiger partial charge in [-0.25, -0.2) is 8.78 Å². The van der Waals surface area contributed by atoms with Gasteiger partial charge in [-0.1, -0.05) is 99.9 Å². The van der Waals surface area contributed by atoms with Gasteiger partial charge in [-0.05, 0) is 53.6 Å². The summed E-state index contributed by atoms with van der Waals surface area (Å²) < 4.78 is 25.4. The van der Waals surface area contributed by atoms with Crippen LogP contribution < -0.4 is 45.9 Å². The number of hydrogen-bond donors (Lipinski definition) is 8. The molecule has 16 N–H and O–H groups in total. The second-order valence-electron chi connectivity index (χ2n) is 9.74. The van der Waals surface area contributed by atoms with Crippen molar-refractivity contribution in [1.82, 2.24) is 0 Å². The first-order chi connectivity index (χ1) is 26.4. The molecule has 0 fully saturated rings. The molecule has 296 valence electrons. The van der Waals surface area contributed by atoms with Crippen LogP contribution >= 0.6 is 69.6 Å². The lowest BCUT2D eigenvalue weighted by atomic mass is 10.2. The largest absolute Gasteiger partial charge is 0.369 e. The minimum absolute atomic E-state index is 0.0171. The van der Waals surface area contributed by atoms with E-state index in [-0.39, 0.29) is 34.4 Å². The Labute approximate surface area is 348 Å². The van der Waals surface area contributed by atoms with E-state index >= 15 is 0 Å². The zero-order chi connectivity index (χ0) is 42.2. The van der Waals surface area contributed by atoms with Crippen molar-refractivity contribution in [3.63, 3.8) is 0 Å². The Morgan fingerprint density at radius 1 is 0.446 bits per heavy atom. The van der Waals surface area contributed by atoms with Crippen molar-refractivity contribution in [2.24, 2.45) is 86.7 Å². The Bertz CT molecular complexity index is 2110. The first kappa shape index (κ1) is 48.3. The molecule has 16 nitrogen and oxygen atoms in total. The highest BCUT2D eigenvalue weighted by molar-refractivity contribution is 6.45. The van der Waals surface area contributed by atoms with Crippen LogP contribution in [0.25, 0.3) is 0 Å². The highest BCUT2D eigenvalue weighted by Crippen LogP contribution is 2.30. The van der Waals surface area contributed by atoms with Crippen LogP contribution in [0.3, 0.4) is 0 Å². The van der Waals surface area contributed by atoms with Crippen LogP contribution in [0.1, 0.15) is 22.3 Å². The lowest BCUT2D eigenvalue weighted by molar-refractivity contribution is 0.508. The van der Waals surface area contributed by atoms with Gasteiger partial charge in [-0.15, -0.1) is 20.4 Å². The molecular weight excluding hydrogens is 859 g/mol. The minimum atomic E-state index is -1.03. The monoisotopic (exact) mass is 888 g/mol. The topological polar surface area (TPSA) is 307 Å². The molecule has 4 aromatic rings. The van der Waals surface area contributed by atoms with E-state index in [4.69, 9.17) is 115 Å². The van der Waals surface area contributed by atoms with E-state index in [0.29, 0.717) is 30.7 Å². The Balaban J connectivity index is 0.000000375. The van der Waals surface area contributed by atoms with E-state index < -0.39 is 11.6 Å². The number of guanidine groups is 4. The molecule has 0 radical (unpaired) electrons. The second-order valence-corrected chi connectivity index (χ2v) is 12.2. The molecule has 0 saturated carbocycles. The second kappa shape index (κ2) is 26.1. The first-order valence-electron chi connectivity index (χ1n) is 14.7. The zero-order valence-corrected chi connectivity index (χ0v) is 33.0. The highest BCUT2D eigenvalue weighted by atomic mass is 35.5. The van der Waals surface area contributed by atoms with Crippen LogP contribution in [-0.2, 0) is 0 Å². The number of nitrogens with zero attached hydrogens (tertiary/aromatic N) is 8. The fourth-order valence-electron chi connectivity index (χ4n) is 3.12.